The molecule has 0 atom stereocenters. The van der Waals surface area contributed by atoms with Gasteiger partial charge in [0.1, 0.15) is 0 Å². The normalized spacial score (nSPS) is 8.30. The number of nitrogens with zero attached hydrogens (tertiary/aromatic N) is 1. The number of aromatic nitrogens is 2. The molecule has 0 amide bonds. The predicted molar refractivity (Wildman–Crippen MR) is 40.0 cm³/mol. The molecule has 0 fully saturated rings. The second-order valence-corrected chi connectivity index (χ2v) is 1.40. The predicted octanol–water partition coefficient (Wildman–Crippen LogP) is 1.20. The summed E-state index contributed by atoms with van der Waals surface area (Å²) in [4.78, 5) is 12.6. The van der Waals surface area contributed by atoms with Crippen molar-refractivity contribution in [3.05, 3.63) is 16.4 Å². The molecule has 4 nitrogen and oxygen atoms in total. The lowest BCUT2D eigenvalue weighted by Gasteiger charge is -1.74. The molecule has 1 aromatic rings. The Hall–Kier alpha value is -1.06. The Morgan fingerprint density at radius 3 is 2.50 bits per heavy atom. The standard InChI is InChI=1S/C4H6N2O2.C2H6.H2/c1-2-3-5-4(7)8-6-3;1-2;/h2H2,1H3,(H,5,6,7);1-2H3;1H. The van der Waals surface area contributed by atoms with Gasteiger partial charge < -0.3 is 0 Å². The highest BCUT2D eigenvalue weighted by atomic mass is 16.5. The van der Waals surface area contributed by atoms with Gasteiger partial charge in [0.05, 0.1) is 0 Å². The molecule has 1 rings (SSSR count). The van der Waals surface area contributed by atoms with E-state index in [2.05, 4.69) is 14.7 Å². The monoisotopic (exact) mass is 146 g/mol. The van der Waals surface area contributed by atoms with Crippen molar-refractivity contribution in [3.63, 3.8) is 0 Å². The van der Waals surface area contributed by atoms with Gasteiger partial charge in [0, 0.05) is 7.85 Å². The fourth-order valence-corrected chi connectivity index (χ4v) is 0.413. The van der Waals surface area contributed by atoms with E-state index in [4.69, 9.17) is 0 Å². The Balaban J connectivity index is 0. The van der Waals surface area contributed by atoms with Gasteiger partial charge in [-0.25, -0.2) is 4.79 Å². The largest absolute Gasteiger partial charge is 0.438 e. The van der Waals surface area contributed by atoms with E-state index >= 15 is 0 Å². The summed E-state index contributed by atoms with van der Waals surface area (Å²) in [6.07, 6.45) is 0.700. The number of aromatic amines is 1. The molecule has 0 saturated carbocycles. The second kappa shape index (κ2) is 4.78. The Morgan fingerprint density at radius 2 is 2.30 bits per heavy atom. The van der Waals surface area contributed by atoms with Crippen molar-refractivity contribution in [2.24, 2.45) is 0 Å². The molecule has 0 radical (unpaired) electrons. The third kappa shape index (κ3) is 2.48. The minimum absolute atomic E-state index is 0. The Bertz CT molecular complexity index is 218. The van der Waals surface area contributed by atoms with Gasteiger partial charge in [-0.05, 0) is 0 Å². The Kier molecular flexibility index (Phi) is 4.28. The molecular weight excluding hydrogens is 132 g/mol. The number of rotatable bonds is 1. The maximum Gasteiger partial charge on any atom is 0.438 e. The molecule has 4 heteroatoms. The highest BCUT2D eigenvalue weighted by Crippen LogP contribution is 1.81. The molecule has 0 aromatic carbocycles. The minimum atomic E-state index is -0.484. The average Bonchev–Trinajstić information content (AvgIpc) is 2.40. The number of hydrogen-bond acceptors (Lipinski definition) is 3. The zero-order valence-corrected chi connectivity index (χ0v) is 6.47. The van der Waals surface area contributed by atoms with Crippen molar-refractivity contribution < 1.29 is 5.95 Å². The summed E-state index contributed by atoms with van der Waals surface area (Å²) >= 11 is 0. The van der Waals surface area contributed by atoms with Gasteiger partial charge in [-0.3, -0.25) is 9.51 Å². The molecule has 1 N–H and O–H groups in total. The van der Waals surface area contributed by atoms with Crippen LogP contribution in [0, 0.1) is 0 Å². The van der Waals surface area contributed by atoms with Crippen LogP contribution in [0.15, 0.2) is 9.32 Å². The first-order valence-electron chi connectivity index (χ1n) is 3.38. The SMILES string of the molecule is CC.CCc1noc(=O)[nH]1.[HH]. The third-order valence-electron chi connectivity index (χ3n) is 0.820. The summed E-state index contributed by atoms with van der Waals surface area (Å²) < 4.78 is 4.19. The molecule has 0 bridgehead atoms. The molecule has 0 aliphatic heterocycles. The van der Waals surface area contributed by atoms with E-state index in [0.29, 0.717) is 12.2 Å². The van der Waals surface area contributed by atoms with Gasteiger partial charge in [-0.1, -0.05) is 25.9 Å². The summed E-state index contributed by atoms with van der Waals surface area (Å²) in [5.41, 5.74) is 0. The van der Waals surface area contributed by atoms with Crippen LogP contribution in [-0.4, -0.2) is 10.1 Å². The van der Waals surface area contributed by atoms with Crippen molar-refractivity contribution in [1.82, 2.24) is 10.1 Å². The van der Waals surface area contributed by atoms with E-state index in [1.165, 1.54) is 0 Å². The van der Waals surface area contributed by atoms with Gasteiger partial charge in [0.15, 0.2) is 5.82 Å². The highest BCUT2D eigenvalue weighted by molar-refractivity contribution is 4.74. The second-order valence-electron chi connectivity index (χ2n) is 1.40. The summed E-state index contributed by atoms with van der Waals surface area (Å²) in [6.45, 7) is 5.88. The maximum absolute atomic E-state index is 10.2. The fourth-order valence-electron chi connectivity index (χ4n) is 0.413. The molecule has 0 saturated heterocycles. The lowest BCUT2D eigenvalue weighted by atomic mass is 10.5. The molecule has 0 aliphatic rings. The van der Waals surface area contributed by atoms with E-state index in [1.807, 2.05) is 20.8 Å². The van der Waals surface area contributed by atoms with Crippen LogP contribution in [0.3, 0.4) is 0 Å². The van der Waals surface area contributed by atoms with Crippen molar-refractivity contribution in [2.45, 2.75) is 27.2 Å². The number of aryl methyl sites for hydroxylation is 1. The van der Waals surface area contributed by atoms with E-state index in [1.54, 1.807) is 0 Å². The first kappa shape index (κ1) is 8.94. The smallest absolute Gasteiger partial charge is 0.296 e. The van der Waals surface area contributed by atoms with E-state index < -0.39 is 5.76 Å². The molecule has 60 valence electrons. The zero-order chi connectivity index (χ0) is 7.98. The summed E-state index contributed by atoms with van der Waals surface area (Å²) in [7, 11) is 0. The van der Waals surface area contributed by atoms with Crippen LogP contribution in [0.5, 0.6) is 0 Å². The lowest BCUT2D eigenvalue weighted by Crippen LogP contribution is -1.95. The molecule has 10 heavy (non-hydrogen) atoms. The molecule has 0 spiro atoms. The Morgan fingerprint density at radius 1 is 1.70 bits per heavy atom. The van der Waals surface area contributed by atoms with E-state index in [0.717, 1.165) is 0 Å². The Labute approximate surface area is 60.7 Å². The van der Waals surface area contributed by atoms with Crippen molar-refractivity contribution in [1.29, 1.82) is 0 Å². The lowest BCUT2D eigenvalue weighted by molar-refractivity contribution is 0.381. The first-order chi connectivity index (χ1) is 4.83. The summed E-state index contributed by atoms with van der Waals surface area (Å²) in [5.74, 6) is 0.108. The number of hydrogen-bond donors (Lipinski definition) is 1. The van der Waals surface area contributed by atoms with Crippen LogP contribution in [0.4, 0.5) is 0 Å². The number of H-pyrrole nitrogens is 1. The third-order valence-corrected chi connectivity index (χ3v) is 0.820. The molecule has 0 unspecified atom stereocenters. The average molecular weight is 146 g/mol. The van der Waals surface area contributed by atoms with Crippen LogP contribution >= 0.6 is 0 Å². The molecular formula is C6H14N2O2. The topological polar surface area (TPSA) is 58.9 Å². The van der Waals surface area contributed by atoms with Crippen LogP contribution in [0.1, 0.15) is 28.0 Å². The van der Waals surface area contributed by atoms with E-state index in [-0.39, 0.29) is 1.43 Å². The maximum atomic E-state index is 10.2. The van der Waals surface area contributed by atoms with Crippen LogP contribution in [-0.2, 0) is 6.42 Å². The van der Waals surface area contributed by atoms with Gasteiger partial charge in [0.2, 0.25) is 0 Å². The zero-order valence-electron chi connectivity index (χ0n) is 6.47. The van der Waals surface area contributed by atoms with Crippen molar-refractivity contribution >= 4 is 0 Å². The highest BCUT2D eigenvalue weighted by Gasteiger charge is 1.92. The quantitative estimate of drug-likeness (QED) is 0.647. The van der Waals surface area contributed by atoms with Gasteiger partial charge in [-0.2, -0.15) is 0 Å². The van der Waals surface area contributed by atoms with Gasteiger partial charge >= 0.3 is 5.76 Å². The minimum Gasteiger partial charge on any atom is -0.296 e. The van der Waals surface area contributed by atoms with Crippen LogP contribution < -0.4 is 5.76 Å². The summed E-state index contributed by atoms with van der Waals surface area (Å²) in [5, 5.41) is 3.39. The molecule has 1 heterocycles. The van der Waals surface area contributed by atoms with Crippen molar-refractivity contribution in [3.8, 4) is 0 Å². The fraction of sp³-hybridized carbons (Fsp3) is 0.667. The van der Waals surface area contributed by atoms with Gasteiger partial charge in [-0.15, -0.1) is 0 Å². The van der Waals surface area contributed by atoms with E-state index in [9.17, 15) is 4.79 Å². The molecule has 1 aromatic heterocycles. The van der Waals surface area contributed by atoms with Crippen LogP contribution in [0.25, 0.3) is 0 Å². The van der Waals surface area contributed by atoms with Crippen LogP contribution in [0.2, 0.25) is 0 Å². The number of nitrogens with one attached hydrogen (secondary N) is 1. The molecule has 0 aliphatic carbocycles. The van der Waals surface area contributed by atoms with Gasteiger partial charge in [0.25, 0.3) is 0 Å². The summed E-state index contributed by atoms with van der Waals surface area (Å²) in [6, 6.07) is 0. The van der Waals surface area contributed by atoms with Crippen molar-refractivity contribution in [2.75, 3.05) is 0 Å². The first-order valence-corrected chi connectivity index (χ1v) is 3.38.